The van der Waals surface area contributed by atoms with Crippen molar-refractivity contribution in [1.82, 2.24) is 0 Å². The molecule has 0 fully saturated rings. The number of carbonyl (C=O) groups is 1. The van der Waals surface area contributed by atoms with Gasteiger partial charge in [-0.25, -0.2) is 4.39 Å². The Morgan fingerprint density at radius 3 is 1.96 bits per heavy atom. The first-order chi connectivity index (χ1) is 12.6. The maximum atomic E-state index is 13.7. The third-order valence-corrected chi connectivity index (χ3v) is 4.07. The smallest absolute Gasteiger partial charge is 0.399 e. The minimum atomic E-state index is -4.50. The van der Waals surface area contributed by atoms with Crippen LogP contribution in [-0.2, 0) is 0 Å². The first-order valence-electron chi connectivity index (χ1n) is 8.15. The van der Waals surface area contributed by atoms with Crippen LogP contribution < -0.4 is 0 Å². The second-order valence-electron chi connectivity index (χ2n) is 6.08. The molecule has 2 aromatic rings. The van der Waals surface area contributed by atoms with Gasteiger partial charge in [0.05, 0.1) is 5.92 Å². The van der Waals surface area contributed by atoms with Crippen LogP contribution in [0.4, 0.5) is 17.6 Å². The van der Waals surface area contributed by atoms with Gasteiger partial charge in [-0.1, -0.05) is 42.5 Å². The molecule has 27 heavy (non-hydrogen) atoms. The molecule has 1 N–H and O–H groups in total. The van der Waals surface area contributed by atoms with Crippen LogP contribution in [0.25, 0.3) is 6.08 Å². The number of aliphatic hydroxyl groups excluding tert-OH is 1. The highest BCUT2D eigenvalue weighted by Crippen LogP contribution is 2.37. The summed E-state index contributed by atoms with van der Waals surface area (Å²) < 4.78 is 54.1. The molecule has 0 spiro atoms. The monoisotopic (exact) mass is 382 g/mol. The molecule has 0 heterocycles. The Balaban J connectivity index is 0.00000176. The van der Waals surface area contributed by atoms with Crippen LogP contribution in [-0.4, -0.2) is 24.7 Å². The van der Waals surface area contributed by atoms with Crippen LogP contribution in [0.1, 0.15) is 44.1 Å². The van der Waals surface area contributed by atoms with E-state index in [0.29, 0.717) is 23.0 Å². The van der Waals surface area contributed by atoms with Crippen molar-refractivity contribution in [2.24, 2.45) is 0 Å². The fourth-order valence-corrected chi connectivity index (χ4v) is 2.71. The maximum Gasteiger partial charge on any atom is 0.399 e. The van der Waals surface area contributed by atoms with Crippen LogP contribution in [0.3, 0.4) is 0 Å². The second kappa shape index (κ2) is 9.46. The summed E-state index contributed by atoms with van der Waals surface area (Å²) in [7, 11) is 1.00. The van der Waals surface area contributed by atoms with Gasteiger partial charge in [0.25, 0.3) is 0 Å². The summed E-state index contributed by atoms with van der Waals surface area (Å²) in [4.78, 5) is 10.8. The van der Waals surface area contributed by atoms with Gasteiger partial charge in [-0.05, 0) is 48.6 Å². The van der Waals surface area contributed by atoms with E-state index in [0.717, 1.165) is 13.2 Å². The number of hydrogen-bond acceptors (Lipinski definition) is 2. The number of aryl methyl sites for hydroxylation is 3. The van der Waals surface area contributed by atoms with Crippen molar-refractivity contribution < 1.29 is 27.5 Å². The Bertz CT molecular complexity index is 800. The Kier molecular flexibility index (Phi) is 7.91. The topological polar surface area (TPSA) is 37.3 Å². The third-order valence-electron chi connectivity index (χ3n) is 4.07. The lowest BCUT2D eigenvalue weighted by Crippen LogP contribution is -2.19. The molecule has 0 aliphatic heterocycles. The van der Waals surface area contributed by atoms with E-state index in [9.17, 15) is 22.4 Å². The van der Waals surface area contributed by atoms with Gasteiger partial charge >= 0.3 is 6.18 Å². The number of hydrogen-bond donors (Lipinski definition) is 1. The molecule has 146 valence electrons. The van der Waals surface area contributed by atoms with E-state index in [-0.39, 0.29) is 16.7 Å². The predicted molar refractivity (Wildman–Crippen MR) is 98.4 cm³/mol. The van der Waals surface area contributed by atoms with Crippen LogP contribution in [0.5, 0.6) is 0 Å². The van der Waals surface area contributed by atoms with Gasteiger partial charge in [-0.2, -0.15) is 13.2 Å². The van der Waals surface area contributed by atoms with Crippen LogP contribution in [0.15, 0.2) is 36.4 Å². The molecule has 6 heteroatoms. The largest absolute Gasteiger partial charge is 0.400 e. The Labute approximate surface area is 156 Å². The standard InChI is InChI=1S/C20H18F4O.CH4O/c1-12-8-15(4-6-16(12)11-25)5-7-18(20(22,23)24)17-9-13(2)19(21)14(3)10-17;1-2/h4-11,18H,1-3H3;2H,1H3/b7-5+;. The van der Waals surface area contributed by atoms with Crippen LogP contribution >= 0.6 is 0 Å². The quantitative estimate of drug-likeness (QED) is 0.558. The molecule has 2 rings (SSSR count). The van der Waals surface area contributed by atoms with E-state index in [1.807, 2.05) is 0 Å². The van der Waals surface area contributed by atoms with Gasteiger partial charge in [0.15, 0.2) is 0 Å². The number of aliphatic hydroxyl groups is 1. The Hall–Kier alpha value is -2.47. The van der Waals surface area contributed by atoms with E-state index in [4.69, 9.17) is 5.11 Å². The Morgan fingerprint density at radius 1 is 0.963 bits per heavy atom. The zero-order chi connectivity index (χ0) is 20.8. The van der Waals surface area contributed by atoms with Crippen LogP contribution in [0, 0.1) is 26.6 Å². The first kappa shape index (κ1) is 22.6. The third kappa shape index (κ3) is 5.76. The van der Waals surface area contributed by atoms with Crippen molar-refractivity contribution in [3.63, 3.8) is 0 Å². The highest BCUT2D eigenvalue weighted by Gasteiger charge is 2.39. The van der Waals surface area contributed by atoms with E-state index in [1.54, 1.807) is 25.1 Å². The number of halogens is 4. The van der Waals surface area contributed by atoms with Crippen molar-refractivity contribution in [3.05, 3.63) is 75.6 Å². The molecule has 0 aliphatic rings. The highest BCUT2D eigenvalue weighted by atomic mass is 19.4. The first-order valence-corrected chi connectivity index (χ1v) is 8.15. The summed E-state index contributed by atoms with van der Waals surface area (Å²) in [5.41, 5.74) is 2.12. The van der Waals surface area contributed by atoms with Crippen LogP contribution in [0.2, 0.25) is 0 Å². The number of rotatable bonds is 4. The molecule has 0 aromatic heterocycles. The van der Waals surface area contributed by atoms with Crippen molar-refractivity contribution in [2.75, 3.05) is 7.11 Å². The average Bonchev–Trinajstić information content (AvgIpc) is 2.60. The minimum absolute atomic E-state index is 0.00128. The Morgan fingerprint density at radius 2 is 1.52 bits per heavy atom. The van der Waals surface area contributed by atoms with Crippen molar-refractivity contribution in [1.29, 1.82) is 0 Å². The van der Waals surface area contributed by atoms with Gasteiger partial charge in [0.1, 0.15) is 12.1 Å². The molecule has 1 unspecified atom stereocenters. The molecule has 0 bridgehead atoms. The number of carbonyl (C=O) groups excluding carboxylic acids is 1. The number of benzene rings is 2. The average molecular weight is 382 g/mol. The summed E-state index contributed by atoms with van der Waals surface area (Å²) in [5, 5.41) is 7.00. The minimum Gasteiger partial charge on any atom is -0.400 e. The van der Waals surface area contributed by atoms with E-state index in [1.165, 1.54) is 32.1 Å². The molecule has 0 radical (unpaired) electrons. The lowest BCUT2D eigenvalue weighted by Gasteiger charge is -2.19. The summed E-state index contributed by atoms with van der Waals surface area (Å²) in [6.07, 6.45) is -1.37. The highest BCUT2D eigenvalue weighted by molar-refractivity contribution is 5.78. The summed E-state index contributed by atoms with van der Waals surface area (Å²) in [6, 6.07) is 7.25. The molecular formula is C21H22F4O2. The second-order valence-corrected chi connectivity index (χ2v) is 6.08. The summed E-state index contributed by atoms with van der Waals surface area (Å²) >= 11 is 0. The molecule has 2 nitrogen and oxygen atoms in total. The zero-order valence-corrected chi connectivity index (χ0v) is 15.6. The molecule has 2 aromatic carbocycles. The van der Waals surface area contributed by atoms with Crippen molar-refractivity contribution in [3.8, 4) is 0 Å². The molecular weight excluding hydrogens is 360 g/mol. The fraction of sp³-hybridized carbons (Fsp3) is 0.286. The van der Waals surface area contributed by atoms with Crippen molar-refractivity contribution >= 4 is 12.4 Å². The van der Waals surface area contributed by atoms with Gasteiger partial charge < -0.3 is 5.11 Å². The van der Waals surface area contributed by atoms with Gasteiger partial charge in [0, 0.05) is 12.7 Å². The number of allylic oxidation sites excluding steroid dienone is 1. The van der Waals surface area contributed by atoms with Gasteiger partial charge in [-0.15, -0.1) is 0 Å². The number of alkyl halides is 3. The lowest BCUT2D eigenvalue weighted by molar-refractivity contribution is -0.139. The van der Waals surface area contributed by atoms with E-state index in [2.05, 4.69) is 0 Å². The van der Waals surface area contributed by atoms with E-state index < -0.39 is 17.9 Å². The fourth-order valence-electron chi connectivity index (χ4n) is 2.71. The lowest BCUT2D eigenvalue weighted by atomic mass is 9.93. The molecule has 0 saturated carbocycles. The van der Waals surface area contributed by atoms with Gasteiger partial charge in [0.2, 0.25) is 0 Å². The molecule has 0 aliphatic carbocycles. The SMILES string of the molecule is CO.Cc1cc(/C=C/C(c2cc(C)c(F)c(C)c2)C(F)(F)F)ccc1C=O. The maximum absolute atomic E-state index is 13.7. The molecule has 1 atom stereocenters. The summed E-state index contributed by atoms with van der Waals surface area (Å²) in [6.45, 7) is 4.62. The zero-order valence-electron chi connectivity index (χ0n) is 15.6. The van der Waals surface area contributed by atoms with E-state index >= 15 is 0 Å². The van der Waals surface area contributed by atoms with Crippen molar-refractivity contribution in [2.45, 2.75) is 32.9 Å². The van der Waals surface area contributed by atoms with Gasteiger partial charge in [-0.3, -0.25) is 4.79 Å². The number of aldehydes is 1. The predicted octanol–water partition coefficient (Wildman–Crippen LogP) is 5.53. The normalized spacial score (nSPS) is 12.5. The molecule has 0 saturated heterocycles. The summed E-state index contributed by atoms with van der Waals surface area (Å²) in [5.74, 6) is -2.33. The molecule has 0 amide bonds.